The van der Waals surface area contributed by atoms with E-state index in [9.17, 15) is 4.79 Å². The first kappa shape index (κ1) is 15.1. The average molecular weight is 269 g/mol. The van der Waals surface area contributed by atoms with Gasteiger partial charge in [0.05, 0.1) is 5.56 Å². The molecule has 3 N–H and O–H groups in total. The lowest BCUT2D eigenvalue weighted by molar-refractivity contribution is 0.100. The van der Waals surface area contributed by atoms with Gasteiger partial charge in [0.15, 0.2) is 0 Å². The van der Waals surface area contributed by atoms with Gasteiger partial charge in [-0.2, -0.15) is 0 Å². The van der Waals surface area contributed by atoms with Crippen LogP contribution in [0.3, 0.4) is 0 Å². The fourth-order valence-electron chi connectivity index (χ4n) is 1.96. The lowest BCUT2D eigenvalue weighted by Crippen LogP contribution is -2.41. The van der Waals surface area contributed by atoms with Gasteiger partial charge in [0.2, 0.25) is 5.91 Å². The largest absolute Gasteiger partial charge is 0.366 e. The van der Waals surface area contributed by atoms with Crippen molar-refractivity contribution >= 4 is 17.2 Å². The molecule has 1 atom stereocenters. The molecule has 4 nitrogen and oxygen atoms in total. The Morgan fingerprint density at radius 2 is 2.17 bits per heavy atom. The van der Waals surface area contributed by atoms with E-state index in [0.29, 0.717) is 17.5 Å². The number of thiophene rings is 1. The predicted octanol–water partition coefficient (Wildman–Crippen LogP) is 1.52. The van der Waals surface area contributed by atoms with Crippen molar-refractivity contribution in [3.8, 4) is 0 Å². The molecule has 1 unspecified atom stereocenters. The quantitative estimate of drug-likeness (QED) is 0.789. The SMILES string of the molecule is CC(C)C(CNCc1cc(C(N)=O)cs1)N(C)C. The van der Waals surface area contributed by atoms with Gasteiger partial charge < -0.3 is 16.0 Å². The van der Waals surface area contributed by atoms with E-state index >= 15 is 0 Å². The predicted molar refractivity (Wildman–Crippen MR) is 76.9 cm³/mol. The molecule has 5 heteroatoms. The summed E-state index contributed by atoms with van der Waals surface area (Å²) < 4.78 is 0. The average Bonchev–Trinajstić information content (AvgIpc) is 2.71. The molecule has 102 valence electrons. The third-order valence-corrected chi connectivity index (χ3v) is 3.96. The Morgan fingerprint density at radius 1 is 1.50 bits per heavy atom. The van der Waals surface area contributed by atoms with E-state index in [1.165, 1.54) is 0 Å². The zero-order valence-electron chi connectivity index (χ0n) is 11.6. The molecule has 0 saturated heterocycles. The molecule has 0 aliphatic carbocycles. The molecule has 1 amide bonds. The van der Waals surface area contributed by atoms with Gasteiger partial charge in [-0.15, -0.1) is 11.3 Å². The Kier molecular flexibility index (Phi) is 5.78. The normalized spacial score (nSPS) is 13.2. The van der Waals surface area contributed by atoms with E-state index in [2.05, 4.69) is 38.2 Å². The van der Waals surface area contributed by atoms with Gasteiger partial charge >= 0.3 is 0 Å². The molecule has 0 radical (unpaired) electrons. The smallest absolute Gasteiger partial charge is 0.249 e. The molecule has 0 fully saturated rings. The van der Waals surface area contributed by atoms with Crippen LogP contribution in [-0.2, 0) is 6.54 Å². The van der Waals surface area contributed by atoms with Crippen LogP contribution in [0.1, 0.15) is 29.1 Å². The number of nitrogens with two attached hydrogens (primary N) is 1. The van der Waals surface area contributed by atoms with Gasteiger partial charge in [-0.05, 0) is 26.1 Å². The molecular weight excluding hydrogens is 246 g/mol. The summed E-state index contributed by atoms with van der Waals surface area (Å²) in [6, 6.07) is 2.38. The molecule has 0 aliphatic heterocycles. The second-order valence-corrected chi connectivity index (χ2v) is 6.07. The van der Waals surface area contributed by atoms with Gasteiger partial charge in [-0.3, -0.25) is 4.79 Å². The third kappa shape index (κ3) is 4.40. The molecule has 0 aliphatic rings. The first-order valence-corrected chi connectivity index (χ1v) is 7.04. The fraction of sp³-hybridized carbons (Fsp3) is 0.615. The van der Waals surface area contributed by atoms with Crippen molar-refractivity contribution in [2.24, 2.45) is 11.7 Å². The topological polar surface area (TPSA) is 58.4 Å². The standard InChI is InChI=1S/C13H23N3OS/c1-9(2)12(16(3)4)7-15-6-11-5-10(8-18-11)13(14)17/h5,8-9,12,15H,6-7H2,1-4H3,(H2,14,17). The Bertz CT molecular complexity index is 379. The van der Waals surface area contributed by atoms with E-state index in [0.717, 1.165) is 18.0 Å². The highest BCUT2D eigenvalue weighted by atomic mass is 32.1. The number of rotatable bonds is 7. The zero-order valence-corrected chi connectivity index (χ0v) is 12.4. The molecule has 0 saturated carbocycles. The maximum Gasteiger partial charge on any atom is 0.249 e. The molecule has 1 aromatic rings. The van der Waals surface area contributed by atoms with Crippen molar-refractivity contribution < 1.29 is 4.79 Å². The Labute approximate surface area is 113 Å². The monoisotopic (exact) mass is 269 g/mol. The second-order valence-electron chi connectivity index (χ2n) is 5.07. The number of amides is 1. The summed E-state index contributed by atoms with van der Waals surface area (Å²) in [5.74, 6) is 0.253. The highest BCUT2D eigenvalue weighted by Crippen LogP contribution is 2.14. The molecule has 18 heavy (non-hydrogen) atoms. The van der Waals surface area contributed by atoms with Crippen molar-refractivity contribution in [1.29, 1.82) is 0 Å². The highest BCUT2D eigenvalue weighted by molar-refractivity contribution is 7.10. The number of carbonyl (C=O) groups excluding carboxylic acids is 1. The van der Waals surface area contributed by atoms with Crippen molar-refractivity contribution in [2.45, 2.75) is 26.4 Å². The lowest BCUT2D eigenvalue weighted by Gasteiger charge is -2.28. The van der Waals surface area contributed by atoms with Crippen LogP contribution in [0.2, 0.25) is 0 Å². The summed E-state index contributed by atoms with van der Waals surface area (Å²) in [7, 11) is 4.20. The van der Waals surface area contributed by atoms with Gasteiger partial charge in [0, 0.05) is 29.4 Å². The van der Waals surface area contributed by atoms with Crippen LogP contribution in [0.4, 0.5) is 0 Å². The Morgan fingerprint density at radius 3 is 2.61 bits per heavy atom. The fourth-order valence-corrected chi connectivity index (χ4v) is 2.80. The van der Waals surface area contributed by atoms with Crippen LogP contribution >= 0.6 is 11.3 Å². The first-order chi connectivity index (χ1) is 8.41. The van der Waals surface area contributed by atoms with Gasteiger partial charge in [-0.25, -0.2) is 0 Å². The highest BCUT2D eigenvalue weighted by Gasteiger charge is 2.15. The van der Waals surface area contributed by atoms with Crippen LogP contribution in [0.25, 0.3) is 0 Å². The molecule has 1 rings (SSSR count). The Hall–Kier alpha value is -0.910. The van der Waals surface area contributed by atoms with Crippen molar-refractivity contribution in [2.75, 3.05) is 20.6 Å². The van der Waals surface area contributed by atoms with Crippen LogP contribution < -0.4 is 11.1 Å². The van der Waals surface area contributed by atoms with E-state index in [1.807, 2.05) is 11.4 Å². The molecule has 0 bridgehead atoms. The first-order valence-electron chi connectivity index (χ1n) is 6.16. The number of hydrogen-bond acceptors (Lipinski definition) is 4. The molecular formula is C13H23N3OS. The minimum Gasteiger partial charge on any atom is -0.366 e. The van der Waals surface area contributed by atoms with Crippen molar-refractivity contribution in [1.82, 2.24) is 10.2 Å². The summed E-state index contributed by atoms with van der Waals surface area (Å²) >= 11 is 1.57. The maximum atomic E-state index is 11.0. The van der Waals surface area contributed by atoms with Crippen molar-refractivity contribution in [3.05, 3.63) is 21.9 Å². The van der Waals surface area contributed by atoms with Crippen LogP contribution in [-0.4, -0.2) is 37.5 Å². The molecule has 1 heterocycles. The number of nitrogens with zero attached hydrogens (tertiary/aromatic N) is 1. The minimum absolute atomic E-state index is 0.356. The van der Waals surface area contributed by atoms with E-state index in [-0.39, 0.29) is 5.91 Å². The summed E-state index contributed by atoms with van der Waals surface area (Å²) in [5.41, 5.74) is 5.83. The van der Waals surface area contributed by atoms with Gasteiger partial charge in [0.1, 0.15) is 0 Å². The number of likely N-dealkylation sites (N-methyl/N-ethyl adjacent to an activating group) is 1. The summed E-state index contributed by atoms with van der Waals surface area (Å²) in [5, 5.41) is 5.24. The number of carbonyl (C=O) groups is 1. The summed E-state index contributed by atoms with van der Waals surface area (Å²) in [6.07, 6.45) is 0. The van der Waals surface area contributed by atoms with E-state index in [1.54, 1.807) is 11.3 Å². The molecule has 1 aromatic heterocycles. The maximum absolute atomic E-state index is 11.0. The number of nitrogens with one attached hydrogen (secondary N) is 1. The zero-order chi connectivity index (χ0) is 13.7. The minimum atomic E-state index is -0.356. The van der Waals surface area contributed by atoms with Crippen LogP contribution in [0.15, 0.2) is 11.4 Å². The summed E-state index contributed by atoms with van der Waals surface area (Å²) in [6.45, 7) is 6.18. The van der Waals surface area contributed by atoms with Gasteiger partial charge in [0.25, 0.3) is 0 Å². The summed E-state index contributed by atoms with van der Waals surface area (Å²) in [4.78, 5) is 14.4. The Balaban J connectivity index is 2.42. The van der Waals surface area contributed by atoms with Crippen molar-refractivity contribution in [3.63, 3.8) is 0 Å². The van der Waals surface area contributed by atoms with Crippen LogP contribution in [0.5, 0.6) is 0 Å². The van der Waals surface area contributed by atoms with E-state index < -0.39 is 0 Å². The molecule has 0 spiro atoms. The van der Waals surface area contributed by atoms with Gasteiger partial charge in [-0.1, -0.05) is 13.8 Å². The number of primary amides is 1. The van der Waals surface area contributed by atoms with Crippen LogP contribution in [0, 0.1) is 5.92 Å². The second kappa shape index (κ2) is 6.87. The lowest BCUT2D eigenvalue weighted by atomic mass is 10.0. The van der Waals surface area contributed by atoms with E-state index in [4.69, 9.17) is 5.73 Å². The third-order valence-electron chi connectivity index (χ3n) is 3.02. The number of hydrogen-bond donors (Lipinski definition) is 2. The molecule has 0 aromatic carbocycles.